The van der Waals surface area contributed by atoms with Crippen LogP contribution in [0.25, 0.3) is 0 Å². The van der Waals surface area contributed by atoms with Crippen molar-refractivity contribution in [2.24, 2.45) is 35.0 Å². The number of likely N-dealkylation sites (tertiary alicyclic amines) is 1. The number of aliphatic hydroxyl groups is 1. The van der Waals surface area contributed by atoms with Crippen LogP contribution >= 0.6 is 0 Å². The third kappa shape index (κ3) is 3.83. The summed E-state index contributed by atoms with van der Waals surface area (Å²) < 4.78 is 6.10. The molecule has 1 aliphatic heterocycles. The summed E-state index contributed by atoms with van der Waals surface area (Å²) in [5, 5.41) is 10.4. The minimum Gasteiger partial charge on any atom is -0.389 e. The first-order valence-corrected chi connectivity index (χ1v) is 10.5. The molecule has 1 saturated heterocycles. The summed E-state index contributed by atoms with van der Waals surface area (Å²) in [6, 6.07) is 0. The Morgan fingerprint density at radius 3 is 2.04 bits per heavy atom. The van der Waals surface area contributed by atoms with Crippen LogP contribution in [0.1, 0.15) is 58.8 Å². The van der Waals surface area contributed by atoms with E-state index in [-0.39, 0.29) is 6.10 Å². The van der Waals surface area contributed by atoms with Gasteiger partial charge in [0.2, 0.25) is 0 Å². The van der Waals surface area contributed by atoms with Gasteiger partial charge in [-0.25, -0.2) is 0 Å². The maximum absolute atomic E-state index is 10.4. The van der Waals surface area contributed by atoms with Crippen molar-refractivity contribution in [2.75, 3.05) is 32.8 Å². The van der Waals surface area contributed by atoms with Crippen LogP contribution in [0, 0.1) is 35.0 Å². The average Bonchev–Trinajstić information content (AvgIpc) is 2.44. The Morgan fingerprint density at radius 1 is 0.958 bits per heavy atom. The highest BCUT2D eigenvalue weighted by molar-refractivity contribution is 5.01. The molecule has 0 aromatic rings. The van der Waals surface area contributed by atoms with Gasteiger partial charge in [-0.3, -0.25) is 0 Å². The number of nitrogens with zero attached hydrogens (tertiary/aromatic N) is 1. The zero-order chi connectivity index (χ0) is 16.7. The number of piperidine rings is 1. The Bertz CT molecular complexity index is 392. The second-order valence-corrected chi connectivity index (χ2v) is 10.3. The SMILES string of the molecule is CC1CC(C)CN(CC(O)COCC23CC4CC(CC(C4)C2)C3)C1. The average molecular weight is 336 g/mol. The van der Waals surface area contributed by atoms with Gasteiger partial charge in [0.25, 0.3) is 0 Å². The van der Waals surface area contributed by atoms with Crippen molar-refractivity contribution >= 4 is 0 Å². The van der Waals surface area contributed by atoms with Crippen LogP contribution in [0.3, 0.4) is 0 Å². The predicted molar refractivity (Wildman–Crippen MR) is 96.8 cm³/mol. The maximum Gasteiger partial charge on any atom is 0.0900 e. The highest BCUT2D eigenvalue weighted by atomic mass is 16.5. The zero-order valence-corrected chi connectivity index (χ0v) is 15.8. The van der Waals surface area contributed by atoms with Gasteiger partial charge in [-0.1, -0.05) is 13.8 Å². The van der Waals surface area contributed by atoms with Gasteiger partial charge in [-0.05, 0) is 80.0 Å². The highest BCUT2D eigenvalue weighted by Gasteiger charge is 2.50. The normalized spacial score (nSPS) is 46.4. The molecule has 1 heterocycles. The monoisotopic (exact) mass is 335 g/mol. The molecule has 0 aromatic carbocycles. The topological polar surface area (TPSA) is 32.7 Å². The molecule has 0 spiro atoms. The first-order valence-electron chi connectivity index (χ1n) is 10.5. The largest absolute Gasteiger partial charge is 0.389 e. The van der Waals surface area contributed by atoms with E-state index in [1.54, 1.807) is 0 Å². The molecule has 0 aromatic heterocycles. The van der Waals surface area contributed by atoms with E-state index in [1.807, 2.05) is 0 Å². The molecule has 24 heavy (non-hydrogen) atoms. The number of aliphatic hydroxyl groups excluding tert-OH is 1. The van der Waals surface area contributed by atoms with E-state index in [2.05, 4.69) is 18.7 Å². The van der Waals surface area contributed by atoms with E-state index in [0.717, 1.165) is 55.8 Å². The molecule has 4 aliphatic carbocycles. The molecule has 3 nitrogen and oxygen atoms in total. The van der Waals surface area contributed by atoms with Crippen molar-refractivity contribution in [3.05, 3.63) is 0 Å². The number of β-amino-alcohol motifs (C(OH)–C–C–N with tert-alkyl or cyclic N) is 1. The van der Waals surface area contributed by atoms with Crippen molar-refractivity contribution < 1.29 is 9.84 Å². The van der Waals surface area contributed by atoms with Crippen LogP contribution in [0.15, 0.2) is 0 Å². The quantitative estimate of drug-likeness (QED) is 0.805. The van der Waals surface area contributed by atoms with Crippen molar-refractivity contribution in [1.29, 1.82) is 0 Å². The molecule has 5 aliphatic rings. The van der Waals surface area contributed by atoms with Crippen molar-refractivity contribution in [3.63, 3.8) is 0 Å². The van der Waals surface area contributed by atoms with E-state index < -0.39 is 0 Å². The fraction of sp³-hybridized carbons (Fsp3) is 1.00. The lowest BCUT2D eigenvalue weighted by molar-refractivity contribution is -0.107. The lowest BCUT2D eigenvalue weighted by Gasteiger charge is -2.56. The van der Waals surface area contributed by atoms with Crippen molar-refractivity contribution in [2.45, 2.75) is 64.9 Å². The van der Waals surface area contributed by atoms with Gasteiger partial charge in [0.1, 0.15) is 0 Å². The summed E-state index contributed by atoms with van der Waals surface area (Å²) in [5.74, 6) is 4.48. The lowest BCUT2D eigenvalue weighted by Crippen LogP contribution is -2.48. The smallest absolute Gasteiger partial charge is 0.0900 e. The summed E-state index contributed by atoms with van der Waals surface area (Å²) >= 11 is 0. The van der Waals surface area contributed by atoms with Gasteiger partial charge in [-0.15, -0.1) is 0 Å². The lowest BCUT2D eigenvalue weighted by atomic mass is 9.50. The fourth-order valence-corrected chi connectivity index (χ4v) is 7.17. The molecular formula is C21H37NO2. The van der Waals surface area contributed by atoms with Gasteiger partial charge < -0.3 is 14.7 Å². The number of hydrogen-bond donors (Lipinski definition) is 1. The summed E-state index contributed by atoms with van der Waals surface area (Å²) in [7, 11) is 0. The standard InChI is InChI=1S/C21H37NO2/c1-15-3-16(2)11-22(10-15)12-20(23)13-24-14-21-7-17-4-18(8-21)6-19(5-17)9-21/h15-20,23H,3-14H2,1-2H3. The van der Waals surface area contributed by atoms with Crippen molar-refractivity contribution in [1.82, 2.24) is 4.90 Å². The molecule has 4 bridgehead atoms. The van der Waals surface area contributed by atoms with Crippen molar-refractivity contribution in [3.8, 4) is 0 Å². The third-order valence-corrected chi connectivity index (χ3v) is 7.30. The Labute approximate surface area is 148 Å². The Kier molecular flexibility index (Phi) is 4.96. The second-order valence-electron chi connectivity index (χ2n) is 10.3. The first kappa shape index (κ1) is 17.3. The van der Waals surface area contributed by atoms with E-state index >= 15 is 0 Å². The Balaban J connectivity index is 1.21. The molecule has 138 valence electrons. The number of rotatable bonds is 6. The van der Waals surface area contributed by atoms with E-state index in [0.29, 0.717) is 12.0 Å². The minimum absolute atomic E-state index is 0.323. The maximum atomic E-state index is 10.4. The van der Waals surface area contributed by atoms with E-state index in [9.17, 15) is 5.11 Å². The molecule has 0 amide bonds. The molecule has 3 atom stereocenters. The van der Waals surface area contributed by atoms with Crippen LogP contribution in [-0.4, -0.2) is 49.0 Å². The molecule has 3 heteroatoms. The molecular weight excluding hydrogens is 298 g/mol. The summed E-state index contributed by atoms with van der Waals surface area (Å²) in [4.78, 5) is 2.44. The highest BCUT2D eigenvalue weighted by Crippen LogP contribution is 2.60. The van der Waals surface area contributed by atoms with Crippen LogP contribution in [0.2, 0.25) is 0 Å². The molecule has 4 saturated carbocycles. The molecule has 5 rings (SSSR count). The van der Waals surface area contributed by atoms with Gasteiger partial charge >= 0.3 is 0 Å². The van der Waals surface area contributed by atoms with E-state index in [1.165, 1.54) is 44.9 Å². The van der Waals surface area contributed by atoms with Crippen LogP contribution < -0.4 is 0 Å². The zero-order valence-electron chi connectivity index (χ0n) is 15.8. The van der Waals surface area contributed by atoms with Gasteiger partial charge in [0.15, 0.2) is 0 Å². The van der Waals surface area contributed by atoms with E-state index in [4.69, 9.17) is 4.74 Å². The fourth-order valence-electron chi connectivity index (χ4n) is 7.17. The minimum atomic E-state index is -0.323. The summed E-state index contributed by atoms with van der Waals surface area (Å²) in [6.07, 6.45) is 9.68. The third-order valence-electron chi connectivity index (χ3n) is 7.30. The van der Waals surface area contributed by atoms with Gasteiger partial charge in [-0.2, -0.15) is 0 Å². The summed E-state index contributed by atoms with van der Waals surface area (Å²) in [6.45, 7) is 9.15. The van der Waals surface area contributed by atoms with Crippen LogP contribution in [0.4, 0.5) is 0 Å². The summed E-state index contributed by atoms with van der Waals surface area (Å²) in [5.41, 5.74) is 0.475. The molecule has 1 N–H and O–H groups in total. The van der Waals surface area contributed by atoms with Gasteiger partial charge in [0, 0.05) is 19.6 Å². The first-order chi connectivity index (χ1) is 11.5. The van der Waals surface area contributed by atoms with Crippen LogP contribution in [-0.2, 0) is 4.74 Å². The number of hydrogen-bond acceptors (Lipinski definition) is 3. The number of ether oxygens (including phenoxy) is 1. The molecule has 5 fully saturated rings. The van der Waals surface area contributed by atoms with Gasteiger partial charge in [0.05, 0.1) is 19.3 Å². The molecule has 3 unspecified atom stereocenters. The molecule has 0 radical (unpaired) electrons. The second kappa shape index (κ2) is 6.89. The predicted octanol–water partition coefficient (Wildman–Crippen LogP) is 3.56. The Hall–Kier alpha value is -0.120. The Morgan fingerprint density at radius 2 is 1.50 bits per heavy atom. The van der Waals surface area contributed by atoms with Crippen LogP contribution in [0.5, 0.6) is 0 Å².